The van der Waals surface area contributed by atoms with E-state index in [4.69, 9.17) is 18.0 Å². The molecule has 2 aromatic heterocycles. The van der Waals surface area contributed by atoms with Gasteiger partial charge in [0.15, 0.2) is 0 Å². The van der Waals surface area contributed by atoms with E-state index in [0.29, 0.717) is 0 Å². The molecular weight excluding hydrogens is 286 g/mol. The van der Waals surface area contributed by atoms with Gasteiger partial charge in [0.1, 0.15) is 10.6 Å². The number of fused-ring (bicyclic) bond motifs is 1. The second-order valence-corrected chi connectivity index (χ2v) is 6.28. The number of hydrogen-bond acceptors (Lipinski definition) is 5. The molecular formula is C12H12ClN3S2. The van der Waals surface area contributed by atoms with Crippen LogP contribution in [0.25, 0.3) is 10.2 Å². The fraction of sp³-hybridized carbons (Fsp3) is 0.333. The van der Waals surface area contributed by atoms with Gasteiger partial charge in [0.05, 0.1) is 11.1 Å². The van der Waals surface area contributed by atoms with Gasteiger partial charge in [-0.05, 0) is 24.6 Å². The zero-order valence-electron chi connectivity index (χ0n) is 9.86. The molecule has 0 saturated carbocycles. The molecule has 0 unspecified atom stereocenters. The van der Waals surface area contributed by atoms with Gasteiger partial charge < -0.3 is 5.32 Å². The number of nitrogens with one attached hydrogen (secondary N) is 1. The van der Waals surface area contributed by atoms with Crippen molar-refractivity contribution in [1.29, 1.82) is 0 Å². The lowest BCUT2D eigenvalue weighted by molar-refractivity contribution is 1.15. The van der Waals surface area contributed by atoms with Crippen molar-refractivity contribution in [1.82, 2.24) is 9.97 Å². The van der Waals surface area contributed by atoms with Crippen molar-refractivity contribution in [2.45, 2.75) is 6.92 Å². The topological polar surface area (TPSA) is 37.8 Å². The third-order valence-corrected chi connectivity index (χ3v) is 4.19. The van der Waals surface area contributed by atoms with Crippen molar-refractivity contribution in [3.8, 4) is 12.3 Å². The SMILES string of the molecule is C#CCSCCNc1nc(Cl)nc2sc(C)cc12. The normalized spacial score (nSPS) is 10.5. The van der Waals surface area contributed by atoms with Gasteiger partial charge >= 0.3 is 0 Å². The summed E-state index contributed by atoms with van der Waals surface area (Å²) < 4.78 is 0. The fourth-order valence-corrected chi connectivity index (χ4v) is 3.13. The molecule has 0 spiro atoms. The number of hydrogen-bond donors (Lipinski definition) is 1. The minimum absolute atomic E-state index is 0.281. The lowest BCUT2D eigenvalue weighted by Gasteiger charge is -2.06. The second-order valence-electron chi connectivity index (χ2n) is 3.60. The smallest absolute Gasteiger partial charge is 0.225 e. The average molecular weight is 298 g/mol. The van der Waals surface area contributed by atoms with Crippen LogP contribution >= 0.6 is 34.7 Å². The Bertz CT molecular complexity index is 589. The lowest BCUT2D eigenvalue weighted by atomic mass is 10.3. The average Bonchev–Trinajstić information content (AvgIpc) is 2.69. The molecule has 0 saturated heterocycles. The zero-order chi connectivity index (χ0) is 13.0. The third kappa shape index (κ3) is 3.29. The monoisotopic (exact) mass is 297 g/mol. The number of terminal acetylenes is 1. The molecule has 2 aromatic rings. The zero-order valence-corrected chi connectivity index (χ0v) is 12.3. The molecule has 6 heteroatoms. The number of aromatic nitrogens is 2. The molecule has 2 heterocycles. The van der Waals surface area contributed by atoms with Crippen LogP contribution in [0, 0.1) is 19.3 Å². The summed E-state index contributed by atoms with van der Waals surface area (Å²) in [7, 11) is 0. The molecule has 0 aliphatic heterocycles. The largest absolute Gasteiger partial charge is 0.369 e. The van der Waals surface area contributed by atoms with E-state index in [1.54, 1.807) is 23.1 Å². The molecule has 18 heavy (non-hydrogen) atoms. The first-order valence-corrected chi connectivity index (χ1v) is 7.74. The van der Waals surface area contributed by atoms with Crippen LogP contribution in [0.4, 0.5) is 5.82 Å². The van der Waals surface area contributed by atoms with Gasteiger partial charge in [-0.15, -0.1) is 29.5 Å². The Morgan fingerprint density at radius 2 is 2.39 bits per heavy atom. The summed E-state index contributed by atoms with van der Waals surface area (Å²) >= 11 is 9.24. The van der Waals surface area contributed by atoms with Crippen LogP contribution in [0.3, 0.4) is 0 Å². The molecule has 0 fully saturated rings. The molecule has 1 N–H and O–H groups in total. The predicted octanol–water partition coefficient (Wildman–Crippen LogP) is 3.43. The Hall–Kier alpha value is -0.960. The number of rotatable bonds is 5. The maximum Gasteiger partial charge on any atom is 0.225 e. The van der Waals surface area contributed by atoms with E-state index in [9.17, 15) is 0 Å². The van der Waals surface area contributed by atoms with Crippen molar-refractivity contribution in [3.05, 3.63) is 16.2 Å². The summed E-state index contributed by atoms with van der Waals surface area (Å²) in [5, 5.41) is 4.59. The van der Waals surface area contributed by atoms with Crippen molar-refractivity contribution >= 4 is 50.7 Å². The molecule has 0 aromatic carbocycles. The van der Waals surface area contributed by atoms with Gasteiger partial charge in [0, 0.05) is 17.2 Å². The van der Waals surface area contributed by atoms with E-state index in [1.807, 2.05) is 6.92 Å². The molecule has 0 aliphatic rings. The molecule has 94 valence electrons. The van der Waals surface area contributed by atoms with Gasteiger partial charge in [0.2, 0.25) is 5.28 Å². The highest BCUT2D eigenvalue weighted by molar-refractivity contribution is 7.99. The van der Waals surface area contributed by atoms with E-state index in [-0.39, 0.29) is 5.28 Å². The van der Waals surface area contributed by atoms with Crippen molar-refractivity contribution in [2.75, 3.05) is 23.4 Å². The van der Waals surface area contributed by atoms with Crippen LogP contribution < -0.4 is 5.32 Å². The summed E-state index contributed by atoms with van der Waals surface area (Å²) in [6, 6.07) is 2.08. The quantitative estimate of drug-likeness (QED) is 0.521. The highest BCUT2D eigenvalue weighted by atomic mass is 35.5. The first-order valence-electron chi connectivity index (χ1n) is 5.39. The minimum atomic E-state index is 0.281. The first kappa shape index (κ1) is 13.5. The van der Waals surface area contributed by atoms with Crippen molar-refractivity contribution in [2.24, 2.45) is 0 Å². The molecule has 0 radical (unpaired) electrons. The van der Waals surface area contributed by atoms with Crippen molar-refractivity contribution < 1.29 is 0 Å². The van der Waals surface area contributed by atoms with Crippen LogP contribution in [0.15, 0.2) is 6.07 Å². The number of halogens is 1. The number of aryl methyl sites for hydroxylation is 1. The Morgan fingerprint density at radius 3 is 3.17 bits per heavy atom. The van der Waals surface area contributed by atoms with Gasteiger partial charge in [-0.3, -0.25) is 0 Å². The molecule has 0 bridgehead atoms. The summed E-state index contributed by atoms with van der Waals surface area (Å²) in [6.07, 6.45) is 5.19. The molecule has 0 amide bonds. The van der Waals surface area contributed by atoms with E-state index in [1.165, 1.54) is 4.88 Å². The van der Waals surface area contributed by atoms with E-state index < -0.39 is 0 Å². The Balaban J connectivity index is 2.10. The van der Waals surface area contributed by atoms with Gasteiger partial charge in [-0.1, -0.05) is 5.92 Å². The maximum absolute atomic E-state index is 5.91. The molecule has 0 atom stereocenters. The van der Waals surface area contributed by atoms with Gasteiger partial charge in [0.25, 0.3) is 0 Å². The van der Waals surface area contributed by atoms with Crippen LogP contribution in [0.5, 0.6) is 0 Å². The Labute approximate surface area is 119 Å². The number of thioether (sulfide) groups is 1. The van der Waals surface area contributed by atoms with Crippen LogP contribution in [-0.4, -0.2) is 28.0 Å². The Morgan fingerprint density at radius 1 is 1.56 bits per heavy atom. The predicted molar refractivity (Wildman–Crippen MR) is 81.8 cm³/mol. The van der Waals surface area contributed by atoms with Gasteiger partial charge in [-0.25, -0.2) is 9.97 Å². The fourth-order valence-electron chi connectivity index (χ4n) is 1.52. The third-order valence-electron chi connectivity index (χ3n) is 2.21. The first-order chi connectivity index (χ1) is 8.70. The van der Waals surface area contributed by atoms with Crippen LogP contribution in [-0.2, 0) is 0 Å². The number of anilines is 1. The minimum Gasteiger partial charge on any atom is -0.369 e. The van der Waals surface area contributed by atoms with E-state index in [2.05, 4.69) is 27.3 Å². The summed E-state index contributed by atoms with van der Waals surface area (Å²) in [5.41, 5.74) is 0. The molecule has 2 rings (SSSR count). The summed E-state index contributed by atoms with van der Waals surface area (Å²) in [4.78, 5) is 10.6. The number of thiophene rings is 1. The molecule has 0 aliphatic carbocycles. The van der Waals surface area contributed by atoms with E-state index in [0.717, 1.165) is 34.1 Å². The number of nitrogens with zero attached hydrogens (tertiary/aromatic N) is 2. The summed E-state index contributed by atoms with van der Waals surface area (Å²) in [6.45, 7) is 2.86. The summed E-state index contributed by atoms with van der Waals surface area (Å²) in [5.74, 6) is 5.08. The lowest BCUT2D eigenvalue weighted by Crippen LogP contribution is -2.06. The molecule has 3 nitrogen and oxygen atoms in total. The van der Waals surface area contributed by atoms with Crippen LogP contribution in [0.1, 0.15) is 4.88 Å². The van der Waals surface area contributed by atoms with Crippen molar-refractivity contribution in [3.63, 3.8) is 0 Å². The maximum atomic E-state index is 5.91. The van der Waals surface area contributed by atoms with Crippen LogP contribution in [0.2, 0.25) is 5.28 Å². The van der Waals surface area contributed by atoms with Gasteiger partial charge in [-0.2, -0.15) is 0 Å². The Kier molecular flexibility index (Phi) is 4.70. The highest BCUT2D eigenvalue weighted by Gasteiger charge is 2.08. The highest BCUT2D eigenvalue weighted by Crippen LogP contribution is 2.29. The second kappa shape index (κ2) is 6.28. The van der Waals surface area contributed by atoms with E-state index >= 15 is 0 Å². The standard InChI is InChI=1S/C12H12ClN3S2/c1-3-5-17-6-4-14-10-9-7-8(2)18-11(9)16-12(13)15-10/h1,7H,4-6H2,2H3,(H,14,15,16).